The average Bonchev–Trinajstić information content (AvgIpc) is 2.47. The quantitative estimate of drug-likeness (QED) is 0.536. The van der Waals surface area contributed by atoms with Crippen LogP contribution in [0.1, 0.15) is 38.8 Å². The lowest BCUT2D eigenvalue weighted by atomic mass is 10.0. The second-order valence-electron chi connectivity index (χ2n) is 4.85. The van der Waals surface area contributed by atoms with Crippen molar-refractivity contribution in [3.8, 4) is 0 Å². The zero-order valence-corrected chi connectivity index (χ0v) is 12.8. The zero-order valence-electron chi connectivity index (χ0n) is 12.8. The van der Waals surface area contributed by atoms with Crippen LogP contribution in [0, 0.1) is 0 Å². The van der Waals surface area contributed by atoms with E-state index in [1.165, 1.54) is 5.56 Å². The van der Waals surface area contributed by atoms with E-state index in [2.05, 4.69) is 37.5 Å². The van der Waals surface area contributed by atoms with Crippen LogP contribution in [0.3, 0.4) is 0 Å². The maximum Gasteiger partial charge on any atom is 0.333 e. The monoisotopic (exact) mass is 275 g/mol. The summed E-state index contributed by atoms with van der Waals surface area (Å²) < 4.78 is 5.23. The molecule has 0 aromatic heterocycles. The Balaban J connectivity index is 2.69. The highest BCUT2D eigenvalue weighted by atomic mass is 16.5. The highest BCUT2D eigenvalue weighted by Crippen LogP contribution is 2.24. The van der Waals surface area contributed by atoms with Gasteiger partial charge in [0.15, 0.2) is 0 Å². The van der Waals surface area contributed by atoms with Crippen LogP contribution in [-0.4, -0.2) is 30.6 Å². The SMILES string of the molecule is C=C(C)C(=O)OCCC(c1ccccc1)N(CC)CC. The second kappa shape index (κ2) is 8.54. The third-order valence-electron chi connectivity index (χ3n) is 3.41. The maximum atomic E-state index is 11.4. The number of rotatable bonds is 8. The Bertz CT molecular complexity index is 424. The van der Waals surface area contributed by atoms with Crippen molar-refractivity contribution >= 4 is 5.97 Å². The first kappa shape index (κ1) is 16.4. The molecule has 0 aliphatic carbocycles. The van der Waals surface area contributed by atoms with Crippen molar-refractivity contribution in [3.63, 3.8) is 0 Å². The van der Waals surface area contributed by atoms with Crippen LogP contribution < -0.4 is 0 Å². The van der Waals surface area contributed by atoms with Crippen LogP contribution in [0.5, 0.6) is 0 Å². The highest BCUT2D eigenvalue weighted by molar-refractivity contribution is 5.86. The van der Waals surface area contributed by atoms with E-state index in [1.54, 1.807) is 6.92 Å². The van der Waals surface area contributed by atoms with E-state index in [0.29, 0.717) is 12.2 Å². The van der Waals surface area contributed by atoms with Gasteiger partial charge in [0.25, 0.3) is 0 Å². The summed E-state index contributed by atoms with van der Waals surface area (Å²) in [4.78, 5) is 13.8. The Labute approximate surface area is 122 Å². The Hall–Kier alpha value is -1.61. The third kappa shape index (κ3) is 4.82. The van der Waals surface area contributed by atoms with Crippen molar-refractivity contribution in [1.29, 1.82) is 0 Å². The lowest BCUT2D eigenvalue weighted by molar-refractivity contribution is -0.139. The van der Waals surface area contributed by atoms with Crippen molar-refractivity contribution < 1.29 is 9.53 Å². The van der Waals surface area contributed by atoms with Crippen LogP contribution in [0.25, 0.3) is 0 Å². The summed E-state index contributed by atoms with van der Waals surface area (Å²) in [7, 11) is 0. The van der Waals surface area contributed by atoms with Crippen LogP contribution in [0.2, 0.25) is 0 Å². The van der Waals surface area contributed by atoms with Gasteiger partial charge in [0.1, 0.15) is 0 Å². The van der Waals surface area contributed by atoms with Crippen molar-refractivity contribution in [2.75, 3.05) is 19.7 Å². The Morgan fingerprint density at radius 1 is 1.25 bits per heavy atom. The van der Waals surface area contributed by atoms with Crippen molar-refractivity contribution in [3.05, 3.63) is 48.0 Å². The number of esters is 1. The minimum absolute atomic E-state index is 0.282. The predicted molar refractivity (Wildman–Crippen MR) is 82.5 cm³/mol. The summed E-state index contributed by atoms with van der Waals surface area (Å²) in [6, 6.07) is 10.7. The molecule has 0 aliphatic heterocycles. The lowest BCUT2D eigenvalue weighted by Gasteiger charge is -2.30. The molecule has 0 N–H and O–H groups in total. The number of hydrogen-bond acceptors (Lipinski definition) is 3. The molecule has 3 nitrogen and oxygen atoms in total. The van der Waals surface area contributed by atoms with Crippen molar-refractivity contribution in [2.45, 2.75) is 33.2 Å². The van der Waals surface area contributed by atoms with Gasteiger partial charge in [-0.25, -0.2) is 4.79 Å². The number of carbonyl (C=O) groups excluding carboxylic acids is 1. The van der Waals surface area contributed by atoms with E-state index in [9.17, 15) is 4.79 Å². The largest absolute Gasteiger partial charge is 0.462 e. The first-order valence-electron chi connectivity index (χ1n) is 7.21. The fourth-order valence-corrected chi connectivity index (χ4v) is 2.29. The molecule has 1 rings (SSSR count). The zero-order chi connectivity index (χ0) is 15.0. The molecular formula is C17H25NO2. The van der Waals surface area contributed by atoms with Crippen LogP contribution in [0.15, 0.2) is 42.5 Å². The van der Waals surface area contributed by atoms with E-state index < -0.39 is 0 Å². The molecule has 1 unspecified atom stereocenters. The number of hydrogen-bond donors (Lipinski definition) is 0. The smallest absolute Gasteiger partial charge is 0.333 e. The van der Waals surface area contributed by atoms with Gasteiger partial charge in [-0.15, -0.1) is 0 Å². The van der Waals surface area contributed by atoms with Gasteiger partial charge < -0.3 is 4.74 Å². The second-order valence-corrected chi connectivity index (χ2v) is 4.85. The minimum atomic E-state index is -0.309. The number of benzene rings is 1. The molecule has 0 aliphatic rings. The van der Waals surface area contributed by atoms with Gasteiger partial charge in [-0.3, -0.25) is 4.90 Å². The molecule has 0 radical (unpaired) electrons. The van der Waals surface area contributed by atoms with Crippen molar-refractivity contribution in [2.24, 2.45) is 0 Å². The van der Waals surface area contributed by atoms with Crippen LogP contribution in [-0.2, 0) is 9.53 Å². The summed E-state index contributed by atoms with van der Waals surface area (Å²) in [6.45, 7) is 11.9. The summed E-state index contributed by atoms with van der Waals surface area (Å²) in [5, 5.41) is 0. The molecule has 3 heteroatoms. The number of carbonyl (C=O) groups is 1. The molecule has 110 valence electrons. The van der Waals surface area contributed by atoms with Gasteiger partial charge in [-0.05, 0) is 25.6 Å². The Morgan fingerprint density at radius 2 is 1.85 bits per heavy atom. The lowest BCUT2D eigenvalue weighted by Crippen LogP contribution is -2.29. The maximum absolute atomic E-state index is 11.4. The standard InChI is InChI=1S/C17H25NO2/c1-5-18(6-2)16(15-10-8-7-9-11-15)12-13-20-17(19)14(3)4/h7-11,16H,3,5-6,12-13H2,1-2,4H3. The van der Waals surface area contributed by atoms with E-state index in [0.717, 1.165) is 19.5 Å². The molecule has 1 atom stereocenters. The molecule has 0 saturated heterocycles. The first-order chi connectivity index (χ1) is 9.60. The normalized spacial score (nSPS) is 12.2. The molecule has 0 amide bonds. The summed E-state index contributed by atoms with van der Waals surface area (Å²) in [5.74, 6) is -0.309. The summed E-state index contributed by atoms with van der Waals surface area (Å²) >= 11 is 0. The van der Waals surface area contributed by atoms with E-state index >= 15 is 0 Å². The summed E-state index contributed by atoms with van der Waals surface area (Å²) in [5.41, 5.74) is 1.71. The van der Waals surface area contributed by atoms with Gasteiger partial charge in [0.2, 0.25) is 0 Å². The fourth-order valence-electron chi connectivity index (χ4n) is 2.29. The van der Waals surface area contributed by atoms with E-state index in [-0.39, 0.29) is 12.0 Å². The van der Waals surface area contributed by atoms with E-state index in [4.69, 9.17) is 4.74 Å². The first-order valence-corrected chi connectivity index (χ1v) is 7.21. The number of ether oxygens (including phenoxy) is 1. The molecule has 0 fully saturated rings. The molecule has 0 saturated carbocycles. The van der Waals surface area contributed by atoms with Gasteiger partial charge in [0, 0.05) is 18.0 Å². The van der Waals surface area contributed by atoms with Crippen molar-refractivity contribution in [1.82, 2.24) is 4.90 Å². The Morgan fingerprint density at radius 3 is 2.35 bits per heavy atom. The molecular weight excluding hydrogens is 250 g/mol. The molecule has 0 bridgehead atoms. The molecule has 0 heterocycles. The highest BCUT2D eigenvalue weighted by Gasteiger charge is 2.18. The van der Waals surface area contributed by atoms with Crippen LogP contribution in [0.4, 0.5) is 0 Å². The van der Waals surface area contributed by atoms with Gasteiger partial charge >= 0.3 is 5.97 Å². The molecule has 1 aromatic carbocycles. The molecule has 1 aromatic rings. The predicted octanol–water partition coefficient (Wildman–Crippen LogP) is 3.58. The topological polar surface area (TPSA) is 29.5 Å². The molecule has 20 heavy (non-hydrogen) atoms. The number of nitrogens with zero attached hydrogens (tertiary/aromatic N) is 1. The minimum Gasteiger partial charge on any atom is -0.462 e. The van der Waals surface area contributed by atoms with E-state index in [1.807, 2.05) is 18.2 Å². The average molecular weight is 275 g/mol. The van der Waals surface area contributed by atoms with Crippen LogP contribution >= 0.6 is 0 Å². The third-order valence-corrected chi connectivity index (χ3v) is 3.41. The van der Waals surface area contributed by atoms with Gasteiger partial charge in [-0.1, -0.05) is 50.8 Å². The summed E-state index contributed by atoms with van der Waals surface area (Å²) in [6.07, 6.45) is 0.796. The van der Waals surface area contributed by atoms with Gasteiger partial charge in [0.05, 0.1) is 6.61 Å². The van der Waals surface area contributed by atoms with Gasteiger partial charge in [-0.2, -0.15) is 0 Å². The molecule has 0 spiro atoms. The Kier molecular flexibility index (Phi) is 7.02. The fraction of sp³-hybridized carbons (Fsp3) is 0.471.